The van der Waals surface area contributed by atoms with Gasteiger partial charge in [0, 0.05) is 18.9 Å². The third-order valence-corrected chi connectivity index (χ3v) is 3.93. The van der Waals surface area contributed by atoms with Gasteiger partial charge in [-0.05, 0) is 60.3 Å². The average molecular weight is 268 g/mol. The maximum Gasteiger partial charge on any atom is 0.0952 e. The molecule has 2 aromatic rings. The Hall–Kier alpha value is -1.71. The standard InChI is InChI=1S/C17H20N2O/c1-12-3-4-14-15(7-10-20-16(14)11-18-2)17(12)13-5-8-19-9-6-13/h3-6,8-9,16,18H,7,10-11H2,1-2H3/t16-/m0/s1. The van der Waals surface area contributed by atoms with Gasteiger partial charge in [-0.15, -0.1) is 0 Å². The second-order valence-corrected chi connectivity index (χ2v) is 5.23. The maximum atomic E-state index is 5.90. The Morgan fingerprint density at radius 2 is 2.05 bits per heavy atom. The molecule has 0 unspecified atom stereocenters. The van der Waals surface area contributed by atoms with E-state index in [1.165, 1.54) is 27.8 Å². The van der Waals surface area contributed by atoms with Crippen molar-refractivity contribution in [2.45, 2.75) is 19.4 Å². The smallest absolute Gasteiger partial charge is 0.0952 e. The molecule has 0 radical (unpaired) electrons. The van der Waals surface area contributed by atoms with Crippen molar-refractivity contribution in [3.63, 3.8) is 0 Å². The van der Waals surface area contributed by atoms with Crippen LogP contribution in [0, 0.1) is 6.92 Å². The lowest BCUT2D eigenvalue weighted by Crippen LogP contribution is -2.25. The van der Waals surface area contributed by atoms with E-state index in [0.29, 0.717) is 0 Å². The van der Waals surface area contributed by atoms with E-state index in [4.69, 9.17) is 4.74 Å². The zero-order valence-electron chi connectivity index (χ0n) is 12.0. The summed E-state index contributed by atoms with van der Waals surface area (Å²) >= 11 is 0. The number of aromatic nitrogens is 1. The van der Waals surface area contributed by atoms with Crippen LogP contribution in [-0.2, 0) is 11.2 Å². The zero-order chi connectivity index (χ0) is 13.9. The number of nitrogens with zero attached hydrogens (tertiary/aromatic N) is 1. The average Bonchev–Trinajstić information content (AvgIpc) is 2.48. The van der Waals surface area contributed by atoms with Crippen molar-refractivity contribution in [3.8, 4) is 11.1 Å². The minimum absolute atomic E-state index is 0.157. The molecule has 1 aliphatic rings. The third kappa shape index (κ3) is 2.35. The van der Waals surface area contributed by atoms with E-state index >= 15 is 0 Å². The fourth-order valence-corrected chi connectivity index (χ4v) is 3.02. The molecule has 1 N–H and O–H groups in total. The summed E-state index contributed by atoms with van der Waals surface area (Å²) in [4.78, 5) is 4.12. The van der Waals surface area contributed by atoms with Gasteiger partial charge in [-0.25, -0.2) is 0 Å². The molecule has 0 aliphatic carbocycles. The second kappa shape index (κ2) is 5.73. The van der Waals surface area contributed by atoms with E-state index < -0.39 is 0 Å². The van der Waals surface area contributed by atoms with Crippen molar-refractivity contribution in [3.05, 3.63) is 53.3 Å². The predicted octanol–water partition coefficient (Wildman–Crippen LogP) is 2.89. The van der Waals surface area contributed by atoms with Crippen molar-refractivity contribution in [2.24, 2.45) is 0 Å². The normalized spacial score (nSPS) is 17.8. The quantitative estimate of drug-likeness (QED) is 0.929. The van der Waals surface area contributed by atoms with Crippen LogP contribution in [0.2, 0.25) is 0 Å². The van der Waals surface area contributed by atoms with Gasteiger partial charge in [0.1, 0.15) is 0 Å². The molecule has 0 amide bonds. The first-order chi connectivity index (χ1) is 9.81. The molecule has 3 nitrogen and oxygen atoms in total. The first-order valence-corrected chi connectivity index (χ1v) is 7.10. The summed E-state index contributed by atoms with van der Waals surface area (Å²) in [6.45, 7) is 3.82. The van der Waals surface area contributed by atoms with Gasteiger partial charge in [0.25, 0.3) is 0 Å². The third-order valence-electron chi connectivity index (χ3n) is 3.93. The lowest BCUT2D eigenvalue weighted by Gasteiger charge is -2.29. The summed E-state index contributed by atoms with van der Waals surface area (Å²) in [6, 6.07) is 8.60. The largest absolute Gasteiger partial charge is 0.372 e. The SMILES string of the molecule is CNC[C@@H]1OCCc2c1ccc(C)c2-c1ccncc1. The summed E-state index contributed by atoms with van der Waals surface area (Å²) in [5.41, 5.74) is 6.68. The summed E-state index contributed by atoms with van der Waals surface area (Å²) < 4.78 is 5.90. The van der Waals surface area contributed by atoms with Gasteiger partial charge in [0.15, 0.2) is 0 Å². The van der Waals surface area contributed by atoms with Gasteiger partial charge in [-0.1, -0.05) is 12.1 Å². The molecule has 0 bridgehead atoms. The Kier molecular flexibility index (Phi) is 3.81. The number of benzene rings is 1. The highest BCUT2D eigenvalue weighted by Gasteiger charge is 2.23. The predicted molar refractivity (Wildman–Crippen MR) is 80.7 cm³/mol. The fraction of sp³-hybridized carbons (Fsp3) is 0.353. The molecule has 1 aromatic carbocycles. The molecule has 1 atom stereocenters. The second-order valence-electron chi connectivity index (χ2n) is 5.23. The van der Waals surface area contributed by atoms with Crippen molar-refractivity contribution >= 4 is 0 Å². The maximum absolute atomic E-state index is 5.90. The first-order valence-electron chi connectivity index (χ1n) is 7.10. The Balaban J connectivity index is 2.13. The number of fused-ring (bicyclic) bond motifs is 1. The minimum atomic E-state index is 0.157. The number of rotatable bonds is 3. The van der Waals surface area contributed by atoms with Crippen molar-refractivity contribution in [1.82, 2.24) is 10.3 Å². The monoisotopic (exact) mass is 268 g/mol. The van der Waals surface area contributed by atoms with Crippen molar-refractivity contribution in [2.75, 3.05) is 20.2 Å². The topological polar surface area (TPSA) is 34.1 Å². The molecule has 20 heavy (non-hydrogen) atoms. The Labute approximate surface area is 120 Å². The summed E-state index contributed by atoms with van der Waals surface area (Å²) in [5, 5.41) is 3.22. The number of hydrogen-bond donors (Lipinski definition) is 1. The van der Waals surface area contributed by atoms with Gasteiger partial charge < -0.3 is 10.1 Å². The number of nitrogens with one attached hydrogen (secondary N) is 1. The van der Waals surface area contributed by atoms with Gasteiger partial charge >= 0.3 is 0 Å². The fourth-order valence-electron chi connectivity index (χ4n) is 3.02. The Morgan fingerprint density at radius 1 is 1.25 bits per heavy atom. The van der Waals surface area contributed by atoms with Gasteiger partial charge in [0.05, 0.1) is 12.7 Å². The van der Waals surface area contributed by atoms with Crippen LogP contribution in [0.15, 0.2) is 36.7 Å². The molecule has 3 rings (SSSR count). The Morgan fingerprint density at radius 3 is 2.80 bits per heavy atom. The van der Waals surface area contributed by atoms with Crippen molar-refractivity contribution < 1.29 is 4.74 Å². The lowest BCUT2D eigenvalue weighted by molar-refractivity contribution is 0.0440. The van der Waals surface area contributed by atoms with Crippen molar-refractivity contribution in [1.29, 1.82) is 0 Å². The minimum Gasteiger partial charge on any atom is -0.372 e. The van der Waals surface area contributed by atoms with E-state index in [1.807, 2.05) is 19.4 Å². The Bertz CT molecular complexity index is 595. The van der Waals surface area contributed by atoms with E-state index in [-0.39, 0.29) is 6.10 Å². The number of pyridine rings is 1. The van der Waals surface area contributed by atoms with Crippen LogP contribution in [0.4, 0.5) is 0 Å². The van der Waals surface area contributed by atoms with Crippen LogP contribution in [0.5, 0.6) is 0 Å². The van der Waals surface area contributed by atoms with Gasteiger partial charge in [-0.3, -0.25) is 4.98 Å². The van der Waals surface area contributed by atoms with Crippen LogP contribution in [0.25, 0.3) is 11.1 Å². The highest BCUT2D eigenvalue weighted by molar-refractivity contribution is 5.72. The molecule has 2 heterocycles. The first kappa shape index (κ1) is 13.3. The van der Waals surface area contributed by atoms with Crippen LogP contribution < -0.4 is 5.32 Å². The molecule has 104 valence electrons. The van der Waals surface area contributed by atoms with Crippen LogP contribution in [-0.4, -0.2) is 25.2 Å². The van der Waals surface area contributed by atoms with Gasteiger partial charge in [-0.2, -0.15) is 0 Å². The lowest BCUT2D eigenvalue weighted by atomic mass is 9.87. The molecule has 3 heteroatoms. The summed E-state index contributed by atoms with van der Waals surface area (Å²) in [5.74, 6) is 0. The number of aryl methyl sites for hydroxylation is 1. The van der Waals surface area contributed by atoms with E-state index in [2.05, 4.69) is 41.5 Å². The molecular formula is C17H20N2O. The van der Waals surface area contributed by atoms with E-state index in [9.17, 15) is 0 Å². The summed E-state index contributed by atoms with van der Waals surface area (Å²) in [6.07, 6.45) is 4.86. The number of likely N-dealkylation sites (N-methyl/N-ethyl adjacent to an activating group) is 1. The van der Waals surface area contributed by atoms with E-state index in [1.54, 1.807) is 0 Å². The molecule has 0 fully saturated rings. The molecule has 0 saturated carbocycles. The molecule has 1 aromatic heterocycles. The van der Waals surface area contributed by atoms with Crippen LogP contribution in [0.3, 0.4) is 0 Å². The number of ether oxygens (including phenoxy) is 1. The zero-order valence-corrected chi connectivity index (χ0v) is 12.0. The molecule has 1 aliphatic heterocycles. The molecule has 0 spiro atoms. The van der Waals surface area contributed by atoms with Crippen LogP contribution >= 0.6 is 0 Å². The highest BCUT2D eigenvalue weighted by Crippen LogP contribution is 2.36. The van der Waals surface area contributed by atoms with E-state index in [0.717, 1.165) is 19.6 Å². The highest BCUT2D eigenvalue weighted by atomic mass is 16.5. The van der Waals surface area contributed by atoms with Gasteiger partial charge in [0.2, 0.25) is 0 Å². The summed E-state index contributed by atoms with van der Waals surface area (Å²) in [7, 11) is 1.97. The molecule has 0 saturated heterocycles. The molecular weight excluding hydrogens is 248 g/mol. The number of hydrogen-bond acceptors (Lipinski definition) is 3. The van der Waals surface area contributed by atoms with Crippen LogP contribution in [0.1, 0.15) is 22.8 Å².